The van der Waals surface area contributed by atoms with Crippen LogP contribution in [0.3, 0.4) is 0 Å². The number of nitrogens with one attached hydrogen (secondary N) is 1. The fraction of sp³-hybridized carbons (Fsp3) is 0.188. The summed E-state index contributed by atoms with van der Waals surface area (Å²) in [7, 11) is -3.72. The van der Waals surface area contributed by atoms with E-state index >= 15 is 0 Å². The van der Waals surface area contributed by atoms with E-state index in [-0.39, 0.29) is 16.5 Å². The van der Waals surface area contributed by atoms with Crippen LogP contribution in [0.2, 0.25) is 0 Å². The Morgan fingerprint density at radius 2 is 1.59 bits per heavy atom. The molecule has 0 fully saturated rings. The van der Waals surface area contributed by atoms with Crippen molar-refractivity contribution in [2.24, 2.45) is 0 Å². The molecule has 0 radical (unpaired) electrons. The maximum absolute atomic E-state index is 12.9. The normalized spacial score (nSPS) is 12.9. The number of hydrogen-bond donors (Lipinski definition) is 1. The van der Waals surface area contributed by atoms with Crippen molar-refractivity contribution < 1.29 is 17.6 Å². The maximum atomic E-state index is 12.9. The number of carbonyl (C=O) groups is 1. The highest BCUT2D eigenvalue weighted by Gasteiger charge is 2.18. The highest BCUT2D eigenvalue weighted by molar-refractivity contribution is 7.89. The van der Waals surface area contributed by atoms with Gasteiger partial charge in [0, 0.05) is 11.6 Å². The first-order valence-corrected chi connectivity index (χ1v) is 8.17. The lowest BCUT2D eigenvalue weighted by molar-refractivity contribution is 0.101. The van der Waals surface area contributed by atoms with E-state index < -0.39 is 16.1 Å². The largest absolute Gasteiger partial charge is 0.295 e. The van der Waals surface area contributed by atoms with Crippen LogP contribution in [0.25, 0.3) is 0 Å². The van der Waals surface area contributed by atoms with Crippen LogP contribution in [0.5, 0.6) is 0 Å². The molecule has 0 saturated carbocycles. The molecule has 22 heavy (non-hydrogen) atoms. The Morgan fingerprint density at radius 1 is 1.05 bits per heavy atom. The molecule has 0 aliphatic heterocycles. The molecular formula is C16H16FNO3S. The van der Waals surface area contributed by atoms with Crippen LogP contribution >= 0.6 is 0 Å². The molecule has 0 amide bonds. The second-order valence-corrected chi connectivity index (χ2v) is 6.69. The fourth-order valence-corrected chi connectivity index (χ4v) is 3.22. The van der Waals surface area contributed by atoms with E-state index in [1.165, 1.54) is 55.5 Å². The molecule has 0 aromatic heterocycles. The molecule has 0 heterocycles. The average Bonchev–Trinajstić information content (AvgIpc) is 2.47. The summed E-state index contributed by atoms with van der Waals surface area (Å²) in [4.78, 5) is 11.3. The zero-order valence-electron chi connectivity index (χ0n) is 12.2. The second kappa shape index (κ2) is 6.37. The number of ketones is 1. The van der Waals surface area contributed by atoms with Gasteiger partial charge >= 0.3 is 0 Å². The minimum absolute atomic E-state index is 0.0754. The molecule has 0 aliphatic rings. The molecule has 0 saturated heterocycles. The molecule has 116 valence electrons. The van der Waals surface area contributed by atoms with Crippen LogP contribution in [0.15, 0.2) is 53.4 Å². The van der Waals surface area contributed by atoms with E-state index in [0.717, 1.165) is 0 Å². The molecule has 2 aromatic carbocycles. The maximum Gasteiger partial charge on any atom is 0.241 e. The number of rotatable bonds is 5. The second-order valence-electron chi connectivity index (χ2n) is 4.98. The molecule has 6 heteroatoms. The van der Waals surface area contributed by atoms with Gasteiger partial charge in [-0.25, -0.2) is 17.5 Å². The van der Waals surface area contributed by atoms with E-state index in [1.807, 2.05) is 0 Å². The summed E-state index contributed by atoms with van der Waals surface area (Å²) in [6.07, 6.45) is 0. The van der Waals surface area contributed by atoms with Gasteiger partial charge in [0.15, 0.2) is 5.78 Å². The van der Waals surface area contributed by atoms with E-state index in [2.05, 4.69) is 4.72 Å². The van der Waals surface area contributed by atoms with Gasteiger partial charge in [-0.15, -0.1) is 0 Å². The fourth-order valence-electron chi connectivity index (χ4n) is 1.99. The van der Waals surface area contributed by atoms with Crippen LogP contribution in [0.4, 0.5) is 4.39 Å². The highest BCUT2D eigenvalue weighted by Crippen LogP contribution is 2.18. The van der Waals surface area contributed by atoms with Crippen molar-refractivity contribution in [1.82, 2.24) is 4.72 Å². The first-order valence-electron chi connectivity index (χ1n) is 6.68. The van der Waals surface area contributed by atoms with Crippen LogP contribution in [0, 0.1) is 5.82 Å². The zero-order chi connectivity index (χ0) is 16.3. The first kappa shape index (κ1) is 16.3. The molecular weight excluding hydrogens is 305 g/mol. The third-order valence-electron chi connectivity index (χ3n) is 3.27. The Kier molecular flexibility index (Phi) is 4.73. The Morgan fingerprint density at radius 3 is 2.09 bits per heavy atom. The van der Waals surface area contributed by atoms with Gasteiger partial charge in [0.2, 0.25) is 10.0 Å². The third-order valence-corrected chi connectivity index (χ3v) is 4.83. The predicted octanol–water partition coefficient (Wildman–Crippen LogP) is 3.07. The van der Waals surface area contributed by atoms with Gasteiger partial charge in [-0.2, -0.15) is 0 Å². The van der Waals surface area contributed by atoms with Crippen molar-refractivity contribution in [3.05, 3.63) is 65.5 Å². The van der Waals surface area contributed by atoms with Gasteiger partial charge in [0.05, 0.1) is 4.90 Å². The molecule has 1 atom stereocenters. The van der Waals surface area contributed by atoms with Crippen molar-refractivity contribution in [1.29, 1.82) is 0 Å². The summed E-state index contributed by atoms with van der Waals surface area (Å²) in [5.41, 5.74) is 1.11. The van der Waals surface area contributed by atoms with Crippen molar-refractivity contribution in [2.45, 2.75) is 24.8 Å². The Balaban J connectivity index is 2.19. The lowest BCUT2D eigenvalue weighted by Gasteiger charge is -2.15. The van der Waals surface area contributed by atoms with E-state index in [9.17, 15) is 17.6 Å². The highest BCUT2D eigenvalue weighted by atomic mass is 32.2. The monoisotopic (exact) mass is 321 g/mol. The van der Waals surface area contributed by atoms with Gasteiger partial charge < -0.3 is 0 Å². The van der Waals surface area contributed by atoms with E-state index in [4.69, 9.17) is 0 Å². The molecule has 0 bridgehead atoms. The van der Waals surface area contributed by atoms with Crippen LogP contribution in [-0.2, 0) is 10.0 Å². The molecule has 2 aromatic rings. The number of sulfonamides is 1. The van der Waals surface area contributed by atoms with Gasteiger partial charge in [-0.3, -0.25) is 4.79 Å². The van der Waals surface area contributed by atoms with Crippen molar-refractivity contribution in [3.8, 4) is 0 Å². The lowest BCUT2D eigenvalue weighted by Crippen LogP contribution is -2.26. The van der Waals surface area contributed by atoms with Gasteiger partial charge in [0.1, 0.15) is 5.82 Å². The van der Waals surface area contributed by atoms with Crippen molar-refractivity contribution in [2.75, 3.05) is 0 Å². The molecule has 1 N–H and O–H groups in total. The van der Waals surface area contributed by atoms with E-state index in [0.29, 0.717) is 11.1 Å². The lowest BCUT2D eigenvalue weighted by atomic mass is 10.1. The van der Waals surface area contributed by atoms with Crippen LogP contribution in [0.1, 0.15) is 35.8 Å². The molecule has 2 rings (SSSR count). The van der Waals surface area contributed by atoms with Gasteiger partial charge in [-0.1, -0.05) is 24.3 Å². The Labute approximate surface area is 129 Å². The van der Waals surface area contributed by atoms with Gasteiger partial charge in [-0.05, 0) is 43.7 Å². The third kappa shape index (κ3) is 3.78. The van der Waals surface area contributed by atoms with Crippen molar-refractivity contribution in [3.63, 3.8) is 0 Å². The standard InChI is InChI=1S/C16H16FNO3S/c1-11(13-3-7-15(17)8-4-13)18-22(20,21)16-9-5-14(6-10-16)12(2)19/h3-11,18H,1-2H3/t11-/m1/s1. The van der Waals surface area contributed by atoms with Crippen molar-refractivity contribution >= 4 is 15.8 Å². The smallest absolute Gasteiger partial charge is 0.241 e. The van der Waals surface area contributed by atoms with Crippen LogP contribution < -0.4 is 4.72 Å². The Hall–Kier alpha value is -2.05. The quantitative estimate of drug-likeness (QED) is 0.861. The number of carbonyl (C=O) groups excluding carboxylic acids is 1. The van der Waals surface area contributed by atoms with E-state index in [1.54, 1.807) is 6.92 Å². The summed E-state index contributed by atoms with van der Waals surface area (Å²) >= 11 is 0. The summed E-state index contributed by atoms with van der Waals surface area (Å²) in [6, 6.07) is 10.8. The number of halogens is 1. The summed E-state index contributed by atoms with van der Waals surface area (Å²) in [5.74, 6) is -0.504. The molecule has 0 aliphatic carbocycles. The zero-order valence-corrected chi connectivity index (χ0v) is 13.0. The molecule has 0 spiro atoms. The minimum Gasteiger partial charge on any atom is -0.295 e. The average molecular weight is 321 g/mol. The first-order chi connectivity index (χ1) is 10.3. The number of hydrogen-bond acceptors (Lipinski definition) is 3. The minimum atomic E-state index is -3.72. The number of benzene rings is 2. The molecule has 0 unspecified atom stereocenters. The summed E-state index contributed by atoms with van der Waals surface area (Å²) in [5, 5.41) is 0. The Bertz CT molecular complexity index is 768. The summed E-state index contributed by atoms with van der Waals surface area (Å²) in [6.45, 7) is 3.09. The molecule has 4 nitrogen and oxygen atoms in total. The summed E-state index contributed by atoms with van der Waals surface area (Å²) < 4.78 is 40.0. The topological polar surface area (TPSA) is 63.2 Å². The van der Waals surface area contributed by atoms with Gasteiger partial charge in [0.25, 0.3) is 0 Å². The number of Topliss-reactive ketones (excluding diaryl/α,β-unsaturated/α-hetero) is 1. The SMILES string of the molecule is CC(=O)c1ccc(S(=O)(=O)N[C@H](C)c2ccc(F)cc2)cc1. The predicted molar refractivity (Wildman–Crippen MR) is 81.6 cm³/mol. The van der Waals surface area contributed by atoms with Crippen LogP contribution in [-0.4, -0.2) is 14.2 Å².